The van der Waals surface area contributed by atoms with Crippen LogP contribution in [0.5, 0.6) is 0 Å². The fourth-order valence-electron chi connectivity index (χ4n) is 2.36. The van der Waals surface area contributed by atoms with Crippen molar-refractivity contribution in [3.63, 3.8) is 0 Å². The number of halogens is 2. The average Bonchev–Trinajstić information content (AvgIpc) is 2.30. The fraction of sp³-hybridized carbons (Fsp3) is 0.571. The van der Waals surface area contributed by atoms with Crippen LogP contribution in [0.15, 0.2) is 24.3 Å². The number of nitrogens with one attached hydrogen (secondary N) is 1. The quantitative estimate of drug-likeness (QED) is 0.918. The Hall–Kier alpha value is -0.280. The standard InChI is InChI=1S/C14H22N2.2ClH/c1-16(2)11-12-6-8-13(9-7-12)14-5-3-4-10-15-14;;/h6-9,14-15H,3-5,10-11H2,1-2H3;2*1H. The SMILES string of the molecule is CN(C)Cc1ccc(C2CCCCN2)cc1.Cl.Cl. The number of hydrogen-bond acceptors (Lipinski definition) is 2. The molecule has 104 valence electrons. The van der Waals surface area contributed by atoms with Gasteiger partial charge >= 0.3 is 0 Å². The van der Waals surface area contributed by atoms with Gasteiger partial charge in [-0.05, 0) is 44.6 Å². The summed E-state index contributed by atoms with van der Waals surface area (Å²) < 4.78 is 0. The van der Waals surface area contributed by atoms with E-state index in [0.29, 0.717) is 6.04 Å². The first-order valence-electron chi connectivity index (χ1n) is 6.22. The lowest BCUT2D eigenvalue weighted by atomic mass is 9.97. The molecule has 0 radical (unpaired) electrons. The molecule has 1 aliphatic rings. The van der Waals surface area contributed by atoms with Gasteiger partial charge in [0, 0.05) is 12.6 Å². The zero-order valence-corrected chi connectivity index (χ0v) is 12.8. The Bertz CT molecular complexity index is 319. The highest BCUT2D eigenvalue weighted by atomic mass is 35.5. The molecule has 1 aromatic rings. The summed E-state index contributed by atoms with van der Waals surface area (Å²) in [6, 6.07) is 9.66. The Balaban J connectivity index is 0.00000144. The monoisotopic (exact) mass is 290 g/mol. The lowest BCUT2D eigenvalue weighted by Gasteiger charge is -2.24. The molecular weight excluding hydrogens is 267 g/mol. The van der Waals surface area contributed by atoms with Gasteiger partial charge in [-0.3, -0.25) is 0 Å². The maximum atomic E-state index is 3.59. The Morgan fingerprint density at radius 1 is 1.11 bits per heavy atom. The Kier molecular flexibility index (Phi) is 8.62. The molecule has 18 heavy (non-hydrogen) atoms. The molecule has 1 unspecified atom stereocenters. The van der Waals surface area contributed by atoms with Crippen molar-refractivity contribution >= 4 is 24.8 Å². The van der Waals surface area contributed by atoms with E-state index < -0.39 is 0 Å². The highest BCUT2D eigenvalue weighted by Crippen LogP contribution is 2.23. The van der Waals surface area contributed by atoms with E-state index in [1.165, 1.54) is 36.9 Å². The third-order valence-corrected chi connectivity index (χ3v) is 3.19. The van der Waals surface area contributed by atoms with Gasteiger partial charge in [0.05, 0.1) is 0 Å². The van der Waals surface area contributed by atoms with E-state index in [2.05, 4.69) is 48.6 Å². The molecule has 1 saturated heterocycles. The molecule has 2 rings (SSSR count). The van der Waals surface area contributed by atoms with Crippen LogP contribution in [-0.4, -0.2) is 25.5 Å². The summed E-state index contributed by atoms with van der Waals surface area (Å²) in [5.74, 6) is 0. The van der Waals surface area contributed by atoms with Crippen molar-refractivity contribution in [2.24, 2.45) is 0 Å². The van der Waals surface area contributed by atoms with Crippen LogP contribution in [0.2, 0.25) is 0 Å². The number of piperidine rings is 1. The van der Waals surface area contributed by atoms with Gasteiger partial charge in [-0.15, -0.1) is 24.8 Å². The normalized spacial score (nSPS) is 18.9. The van der Waals surface area contributed by atoms with E-state index in [0.717, 1.165) is 6.54 Å². The topological polar surface area (TPSA) is 15.3 Å². The van der Waals surface area contributed by atoms with Crippen molar-refractivity contribution in [1.82, 2.24) is 10.2 Å². The minimum absolute atomic E-state index is 0. The molecule has 0 aliphatic carbocycles. The van der Waals surface area contributed by atoms with Crippen LogP contribution in [0, 0.1) is 0 Å². The second kappa shape index (κ2) is 8.76. The summed E-state index contributed by atoms with van der Waals surface area (Å²) >= 11 is 0. The second-order valence-electron chi connectivity index (χ2n) is 4.98. The zero-order chi connectivity index (χ0) is 11.4. The molecule has 1 N–H and O–H groups in total. The minimum Gasteiger partial charge on any atom is -0.310 e. The van der Waals surface area contributed by atoms with Crippen LogP contribution >= 0.6 is 24.8 Å². The Labute approximate surface area is 123 Å². The Morgan fingerprint density at radius 3 is 2.28 bits per heavy atom. The summed E-state index contributed by atoms with van der Waals surface area (Å²) in [4.78, 5) is 2.20. The van der Waals surface area contributed by atoms with Crippen molar-refractivity contribution in [3.8, 4) is 0 Å². The summed E-state index contributed by atoms with van der Waals surface area (Å²) in [7, 11) is 4.22. The maximum Gasteiger partial charge on any atom is 0.0320 e. The maximum absolute atomic E-state index is 3.59. The molecule has 0 saturated carbocycles. The predicted molar refractivity (Wildman–Crippen MR) is 82.9 cm³/mol. The van der Waals surface area contributed by atoms with Gasteiger partial charge in [0.15, 0.2) is 0 Å². The molecule has 1 aromatic carbocycles. The third-order valence-electron chi connectivity index (χ3n) is 3.19. The van der Waals surface area contributed by atoms with Crippen molar-refractivity contribution in [1.29, 1.82) is 0 Å². The summed E-state index contributed by atoms with van der Waals surface area (Å²) in [6.07, 6.45) is 3.97. The second-order valence-corrected chi connectivity index (χ2v) is 4.98. The zero-order valence-electron chi connectivity index (χ0n) is 11.2. The summed E-state index contributed by atoms with van der Waals surface area (Å²) in [5.41, 5.74) is 2.84. The van der Waals surface area contributed by atoms with Gasteiger partial charge in [0.2, 0.25) is 0 Å². The van der Waals surface area contributed by atoms with Gasteiger partial charge in [0.25, 0.3) is 0 Å². The number of rotatable bonds is 3. The first-order chi connectivity index (χ1) is 7.75. The van der Waals surface area contributed by atoms with Crippen molar-refractivity contribution < 1.29 is 0 Å². The van der Waals surface area contributed by atoms with Gasteiger partial charge in [-0.25, -0.2) is 0 Å². The molecule has 1 aliphatic heterocycles. The van der Waals surface area contributed by atoms with Crippen molar-refractivity contribution in [3.05, 3.63) is 35.4 Å². The molecule has 4 heteroatoms. The van der Waals surface area contributed by atoms with Crippen LogP contribution in [0.4, 0.5) is 0 Å². The molecule has 0 spiro atoms. The van der Waals surface area contributed by atoms with E-state index in [9.17, 15) is 0 Å². The highest BCUT2D eigenvalue weighted by Gasteiger charge is 2.13. The molecule has 1 fully saturated rings. The van der Waals surface area contributed by atoms with Crippen LogP contribution in [0.3, 0.4) is 0 Å². The minimum atomic E-state index is 0. The molecule has 0 amide bonds. The van der Waals surface area contributed by atoms with Crippen LogP contribution in [0.1, 0.15) is 36.4 Å². The number of nitrogens with zero attached hydrogens (tertiary/aromatic N) is 1. The fourth-order valence-corrected chi connectivity index (χ4v) is 2.36. The van der Waals surface area contributed by atoms with Gasteiger partial charge < -0.3 is 10.2 Å². The lowest BCUT2D eigenvalue weighted by Crippen LogP contribution is -2.26. The molecule has 0 aromatic heterocycles. The van der Waals surface area contributed by atoms with Crippen LogP contribution in [-0.2, 0) is 6.54 Å². The first-order valence-corrected chi connectivity index (χ1v) is 6.22. The van der Waals surface area contributed by atoms with E-state index in [-0.39, 0.29) is 24.8 Å². The molecular formula is C14H24Cl2N2. The Morgan fingerprint density at radius 2 is 1.78 bits per heavy atom. The average molecular weight is 291 g/mol. The van der Waals surface area contributed by atoms with Crippen LogP contribution in [0.25, 0.3) is 0 Å². The largest absolute Gasteiger partial charge is 0.310 e. The van der Waals surface area contributed by atoms with Gasteiger partial charge in [0.1, 0.15) is 0 Å². The van der Waals surface area contributed by atoms with E-state index in [1.807, 2.05) is 0 Å². The lowest BCUT2D eigenvalue weighted by molar-refractivity contribution is 0.401. The summed E-state index contributed by atoms with van der Waals surface area (Å²) in [6.45, 7) is 2.20. The molecule has 2 nitrogen and oxygen atoms in total. The molecule has 0 bridgehead atoms. The summed E-state index contributed by atoms with van der Waals surface area (Å²) in [5, 5.41) is 3.59. The van der Waals surface area contributed by atoms with Crippen LogP contribution < -0.4 is 5.32 Å². The smallest absolute Gasteiger partial charge is 0.0320 e. The molecule has 1 atom stereocenters. The van der Waals surface area contributed by atoms with Gasteiger partial charge in [-0.1, -0.05) is 30.7 Å². The van der Waals surface area contributed by atoms with Crippen molar-refractivity contribution in [2.75, 3.05) is 20.6 Å². The van der Waals surface area contributed by atoms with E-state index in [4.69, 9.17) is 0 Å². The number of hydrogen-bond donors (Lipinski definition) is 1. The first kappa shape index (κ1) is 17.7. The van der Waals surface area contributed by atoms with Crippen molar-refractivity contribution in [2.45, 2.75) is 31.8 Å². The molecule has 1 heterocycles. The highest BCUT2D eigenvalue weighted by molar-refractivity contribution is 5.85. The third kappa shape index (κ3) is 5.15. The number of benzene rings is 1. The van der Waals surface area contributed by atoms with E-state index in [1.54, 1.807) is 0 Å². The van der Waals surface area contributed by atoms with E-state index >= 15 is 0 Å². The van der Waals surface area contributed by atoms with Gasteiger partial charge in [-0.2, -0.15) is 0 Å². The predicted octanol–water partition coefficient (Wildman–Crippen LogP) is 3.41.